The molecule has 0 heterocycles. The second-order valence-electron chi connectivity index (χ2n) is 5.56. The standard InChI is InChI=1S/C13H16F3N/c1-8-6-9(13(14,15)16)4-5-10(8)12(17)7-11(12,2)3/h4-6H,7,17H2,1-3H3. The minimum atomic E-state index is -4.29. The zero-order valence-electron chi connectivity index (χ0n) is 10.2. The molecule has 0 spiro atoms. The summed E-state index contributed by atoms with van der Waals surface area (Å²) in [4.78, 5) is 0. The van der Waals surface area contributed by atoms with Gasteiger partial charge in [0, 0.05) is 5.54 Å². The molecule has 0 saturated heterocycles. The normalized spacial score (nSPS) is 27.0. The minimum Gasteiger partial charge on any atom is -0.321 e. The summed E-state index contributed by atoms with van der Waals surface area (Å²) in [6.07, 6.45) is -3.48. The lowest BCUT2D eigenvalue weighted by atomic mass is 9.92. The van der Waals surface area contributed by atoms with Crippen molar-refractivity contribution in [2.75, 3.05) is 0 Å². The van der Waals surface area contributed by atoms with Gasteiger partial charge in [0.2, 0.25) is 0 Å². The van der Waals surface area contributed by atoms with Crippen molar-refractivity contribution in [2.24, 2.45) is 11.1 Å². The van der Waals surface area contributed by atoms with Crippen molar-refractivity contribution in [3.05, 3.63) is 34.9 Å². The number of nitrogens with two attached hydrogens (primary N) is 1. The number of benzene rings is 1. The van der Waals surface area contributed by atoms with Gasteiger partial charge in [-0.15, -0.1) is 0 Å². The summed E-state index contributed by atoms with van der Waals surface area (Å²) in [5.74, 6) is 0. The molecule has 94 valence electrons. The molecule has 0 amide bonds. The summed E-state index contributed by atoms with van der Waals surface area (Å²) in [6.45, 7) is 5.75. The molecule has 1 unspecified atom stereocenters. The molecule has 1 atom stereocenters. The third kappa shape index (κ3) is 1.84. The molecular formula is C13H16F3N. The first kappa shape index (κ1) is 12.4. The van der Waals surface area contributed by atoms with Crippen LogP contribution in [0.1, 0.15) is 37.0 Å². The predicted octanol–water partition coefficient (Wildman–Crippen LogP) is 3.60. The SMILES string of the molecule is Cc1cc(C(F)(F)F)ccc1C1(N)CC1(C)C. The Morgan fingerprint density at radius 3 is 2.12 bits per heavy atom. The van der Waals surface area contributed by atoms with E-state index >= 15 is 0 Å². The van der Waals surface area contributed by atoms with Crippen LogP contribution in [0.15, 0.2) is 18.2 Å². The summed E-state index contributed by atoms with van der Waals surface area (Å²) < 4.78 is 37.6. The summed E-state index contributed by atoms with van der Waals surface area (Å²) in [5.41, 5.74) is 6.56. The molecule has 1 saturated carbocycles. The van der Waals surface area contributed by atoms with Crippen LogP contribution >= 0.6 is 0 Å². The first-order chi connectivity index (χ1) is 7.58. The molecular weight excluding hydrogens is 227 g/mol. The van der Waals surface area contributed by atoms with Crippen LogP contribution in [-0.2, 0) is 11.7 Å². The van der Waals surface area contributed by atoms with Crippen LogP contribution in [0.3, 0.4) is 0 Å². The third-order valence-corrected chi connectivity index (χ3v) is 3.84. The monoisotopic (exact) mass is 243 g/mol. The van der Waals surface area contributed by atoms with E-state index in [0.717, 1.165) is 18.1 Å². The van der Waals surface area contributed by atoms with Gasteiger partial charge in [0.05, 0.1) is 5.56 Å². The fourth-order valence-corrected chi connectivity index (χ4v) is 2.45. The van der Waals surface area contributed by atoms with Crippen LogP contribution in [0.4, 0.5) is 13.2 Å². The van der Waals surface area contributed by atoms with E-state index in [2.05, 4.69) is 0 Å². The van der Waals surface area contributed by atoms with E-state index < -0.39 is 17.3 Å². The molecule has 0 aromatic heterocycles. The van der Waals surface area contributed by atoms with Crippen molar-refractivity contribution < 1.29 is 13.2 Å². The van der Waals surface area contributed by atoms with E-state index in [4.69, 9.17) is 5.73 Å². The van der Waals surface area contributed by atoms with Gasteiger partial charge in [0.15, 0.2) is 0 Å². The molecule has 17 heavy (non-hydrogen) atoms. The smallest absolute Gasteiger partial charge is 0.321 e. The molecule has 1 aromatic rings. The first-order valence-electron chi connectivity index (χ1n) is 5.55. The molecule has 0 radical (unpaired) electrons. The van der Waals surface area contributed by atoms with E-state index in [1.807, 2.05) is 13.8 Å². The lowest BCUT2D eigenvalue weighted by Crippen LogP contribution is -2.26. The predicted molar refractivity (Wildman–Crippen MR) is 60.4 cm³/mol. The van der Waals surface area contributed by atoms with Crippen LogP contribution in [-0.4, -0.2) is 0 Å². The maximum Gasteiger partial charge on any atom is 0.416 e. The summed E-state index contributed by atoms with van der Waals surface area (Å²) in [5, 5.41) is 0. The Bertz CT molecular complexity index is 462. The number of hydrogen-bond donors (Lipinski definition) is 1. The van der Waals surface area contributed by atoms with Crippen LogP contribution in [0.5, 0.6) is 0 Å². The Kier molecular flexibility index (Phi) is 2.38. The topological polar surface area (TPSA) is 26.0 Å². The van der Waals surface area contributed by atoms with Crippen LogP contribution in [0.25, 0.3) is 0 Å². The van der Waals surface area contributed by atoms with E-state index in [1.54, 1.807) is 6.92 Å². The van der Waals surface area contributed by atoms with E-state index in [0.29, 0.717) is 5.56 Å². The highest BCUT2D eigenvalue weighted by Crippen LogP contribution is 2.61. The number of aryl methyl sites for hydroxylation is 1. The zero-order chi connectivity index (χ0) is 13.1. The van der Waals surface area contributed by atoms with Gasteiger partial charge in [-0.05, 0) is 42.0 Å². The molecule has 2 rings (SSSR count). The molecule has 1 aliphatic rings. The fourth-order valence-electron chi connectivity index (χ4n) is 2.45. The van der Waals surface area contributed by atoms with Gasteiger partial charge in [0.25, 0.3) is 0 Å². The molecule has 1 nitrogen and oxygen atoms in total. The van der Waals surface area contributed by atoms with Gasteiger partial charge in [0.1, 0.15) is 0 Å². The highest BCUT2D eigenvalue weighted by molar-refractivity contribution is 5.43. The largest absolute Gasteiger partial charge is 0.416 e. The summed E-state index contributed by atoms with van der Waals surface area (Å²) in [6, 6.07) is 3.82. The van der Waals surface area contributed by atoms with Crippen LogP contribution in [0.2, 0.25) is 0 Å². The number of hydrogen-bond acceptors (Lipinski definition) is 1. The quantitative estimate of drug-likeness (QED) is 0.801. The number of halogens is 3. The van der Waals surface area contributed by atoms with Gasteiger partial charge in [-0.1, -0.05) is 19.9 Å². The maximum atomic E-state index is 12.5. The lowest BCUT2D eigenvalue weighted by Gasteiger charge is -2.19. The fraction of sp³-hybridized carbons (Fsp3) is 0.538. The molecule has 1 fully saturated rings. The Morgan fingerprint density at radius 2 is 1.76 bits per heavy atom. The van der Waals surface area contributed by atoms with E-state index in [-0.39, 0.29) is 5.41 Å². The highest BCUT2D eigenvalue weighted by Gasteiger charge is 2.59. The highest BCUT2D eigenvalue weighted by atomic mass is 19.4. The molecule has 0 bridgehead atoms. The molecule has 1 aliphatic carbocycles. The lowest BCUT2D eigenvalue weighted by molar-refractivity contribution is -0.137. The second kappa shape index (κ2) is 3.25. The Morgan fingerprint density at radius 1 is 1.24 bits per heavy atom. The second-order valence-corrected chi connectivity index (χ2v) is 5.56. The first-order valence-corrected chi connectivity index (χ1v) is 5.55. The van der Waals surface area contributed by atoms with Gasteiger partial charge < -0.3 is 5.73 Å². The van der Waals surface area contributed by atoms with Crippen LogP contribution < -0.4 is 5.73 Å². The van der Waals surface area contributed by atoms with Crippen molar-refractivity contribution >= 4 is 0 Å². The van der Waals surface area contributed by atoms with E-state index in [9.17, 15) is 13.2 Å². The van der Waals surface area contributed by atoms with Gasteiger partial charge in [-0.3, -0.25) is 0 Å². The van der Waals surface area contributed by atoms with Crippen molar-refractivity contribution in [1.82, 2.24) is 0 Å². The molecule has 2 N–H and O–H groups in total. The van der Waals surface area contributed by atoms with Crippen molar-refractivity contribution in [3.8, 4) is 0 Å². The molecule has 1 aromatic carbocycles. The van der Waals surface area contributed by atoms with Gasteiger partial charge in [-0.2, -0.15) is 13.2 Å². The summed E-state index contributed by atoms with van der Waals surface area (Å²) in [7, 11) is 0. The van der Waals surface area contributed by atoms with Crippen molar-refractivity contribution in [2.45, 2.75) is 38.9 Å². The third-order valence-electron chi connectivity index (χ3n) is 3.84. The molecule has 4 heteroatoms. The molecule has 0 aliphatic heterocycles. The van der Waals surface area contributed by atoms with Crippen LogP contribution in [0, 0.1) is 12.3 Å². The average Bonchev–Trinajstić information content (AvgIpc) is 2.64. The summed E-state index contributed by atoms with van der Waals surface area (Å²) >= 11 is 0. The van der Waals surface area contributed by atoms with Gasteiger partial charge in [-0.25, -0.2) is 0 Å². The maximum absolute atomic E-state index is 12.5. The van der Waals surface area contributed by atoms with Crippen molar-refractivity contribution in [1.29, 1.82) is 0 Å². The van der Waals surface area contributed by atoms with E-state index in [1.165, 1.54) is 12.1 Å². The number of alkyl halides is 3. The Balaban J connectivity index is 2.41. The van der Waals surface area contributed by atoms with Gasteiger partial charge >= 0.3 is 6.18 Å². The average molecular weight is 243 g/mol. The zero-order valence-corrected chi connectivity index (χ0v) is 10.2. The number of rotatable bonds is 1. The minimum absolute atomic E-state index is 0.0302. The Hall–Kier alpha value is -1.03. The van der Waals surface area contributed by atoms with Crippen molar-refractivity contribution in [3.63, 3.8) is 0 Å². The Labute approximate surface area is 98.8 Å².